The fourth-order valence-electron chi connectivity index (χ4n) is 5.32. The molecule has 7 heteroatoms. The number of hydrogen-bond donors (Lipinski definition) is 1. The van der Waals surface area contributed by atoms with E-state index in [2.05, 4.69) is 12.2 Å². The summed E-state index contributed by atoms with van der Waals surface area (Å²) in [6, 6.07) is 18.9. The fourth-order valence-corrected chi connectivity index (χ4v) is 5.32. The number of aryl methyl sites for hydroxylation is 1. The van der Waals surface area contributed by atoms with Crippen LogP contribution in [-0.2, 0) is 22.4 Å². The maximum absolute atomic E-state index is 13.5. The van der Waals surface area contributed by atoms with Crippen molar-refractivity contribution < 1.29 is 23.5 Å². The van der Waals surface area contributed by atoms with Gasteiger partial charge in [-0.3, -0.25) is 9.78 Å². The summed E-state index contributed by atoms with van der Waals surface area (Å²) in [5.74, 6) is -0.0542. The summed E-state index contributed by atoms with van der Waals surface area (Å²) < 4.78 is 17.3. The van der Waals surface area contributed by atoms with Gasteiger partial charge in [-0.1, -0.05) is 43.3 Å². The third kappa shape index (κ3) is 4.14. The third-order valence-electron chi connectivity index (χ3n) is 7.32. The van der Waals surface area contributed by atoms with Crippen molar-refractivity contribution in [1.29, 1.82) is 0 Å². The second-order valence-electron chi connectivity index (χ2n) is 9.96. The number of esters is 1. The number of amides is 1. The Morgan fingerprint density at radius 2 is 1.79 bits per heavy atom. The molecule has 2 aromatic heterocycles. The monoisotopic (exact) mass is 508 g/mol. The average molecular weight is 509 g/mol. The molecule has 6 rings (SSSR count). The quantitative estimate of drug-likeness (QED) is 0.274. The first-order chi connectivity index (χ1) is 18.4. The molecule has 0 saturated heterocycles. The van der Waals surface area contributed by atoms with Crippen molar-refractivity contribution >= 4 is 50.4 Å². The summed E-state index contributed by atoms with van der Waals surface area (Å²) in [6.45, 7) is 3.74. The van der Waals surface area contributed by atoms with Crippen LogP contribution in [0.1, 0.15) is 41.9 Å². The predicted molar refractivity (Wildman–Crippen MR) is 147 cm³/mol. The van der Waals surface area contributed by atoms with Crippen LogP contribution in [0.15, 0.2) is 65.1 Å². The molecule has 0 fully saturated rings. The van der Waals surface area contributed by atoms with E-state index in [4.69, 9.17) is 18.9 Å². The number of fused-ring (bicyclic) bond motifs is 5. The number of pyridine rings is 1. The maximum Gasteiger partial charge on any atom is 0.339 e. The minimum atomic E-state index is -1.04. The number of nitrogens with one attached hydrogen (secondary N) is 1. The Labute approximate surface area is 219 Å². The first kappa shape index (κ1) is 24.0. The van der Waals surface area contributed by atoms with E-state index in [0.29, 0.717) is 28.5 Å². The highest BCUT2D eigenvalue weighted by atomic mass is 16.5. The van der Waals surface area contributed by atoms with Gasteiger partial charge >= 0.3 is 5.97 Å². The molecule has 192 valence electrons. The van der Waals surface area contributed by atoms with Crippen LogP contribution in [-0.4, -0.2) is 30.1 Å². The molecule has 7 nitrogen and oxygen atoms in total. The molecular formula is C31H28N2O5. The fraction of sp³-hybridized carbons (Fsp3) is 0.258. The Hall–Kier alpha value is -4.39. The van der Waals surface area contributed by atoms with Crippen molar-refractivity contribution in [1.82, 2.24) is 4.98 Å². The molecule has 3 aromatic carbocycles. The van der Waals surface area contributed by atoms with Crippen molar-refractivity contribution in [2.24, 2.45) is 5.92 Å². The smallest absolute Gasteiger partial charge is 0.339 e. The Morgan fingerprint density at radius 1 is 1.03 bits per heavy atom. The highest BCUT2D eigenvalue weighted by Gasteiger charge is 2.28. The van der Waals surface area contributed by atoms with E-state index in [-0.39, 0.29) is 0 Å². The van der Waals surface area contributed by atoms with Crippen LogP contribution in [0.2, 0.25) is 0 Å². The van der Waals surface area contributed by atoms with Crippen molar-refractivity contribution in [2.75, 3.05) is 12.4 Å². The lowest BCUT2D eigenvalue weighted by Gasteiger charge is -2.24. The maximum atomic E-state index is 13.5. The number of furan rings is 1. The zero-order valence-corrected chi connectivity index (χ0v) is 21.5. The molecule has 1 aliphatic carbocycles. The Balaban J connectivity index is 1.28. The zero-order valence-electron chi connectivity index (χ0n) is 21.5. The van der Waals surface area contributed by atoms with Crippen molar-refractivity contribution in [2.45, 2.75) is 39.2 Å². The second kappa shape index (κ2) is 9.49. The Bertz CT molecular complexity index is 1720. The summed E-state index contributed by atoms with van der Waals surface area (Å²) in [7, 11) is 1.54. The molecule has 0 radical (unpaired) electrons. The minimum absolute atomic E-state index is 0.438. The summed E-state index contributed by atoms with van der Waals surface area (Å²) in [5.41, 5.74) is 4.94. The van der Waals surface area contributed by atoms with Gasteiger partial charge in [-0.05, 0) is 55.9 Å². The Kier molecular flexibility index (Phi) is 5.98. The van der Waals surface area contributed by atoms with Gasteiger partial charge in [-0.15, -0.1) is 0 Å². The number of nitrogens with zero attached hydrogens (tertiary/aromatic N) is 1. The molecule has 1 N–H and O–H groups in total. The highest BCUT2D eigenvalue weighted by Crippen LogP contribution is 2.37. The molecule has 38 heavy (non-hydrogen) atoms. The van der Waals surface area contributed by atoms with Crippen LogP contribution in [0.25, 0.3) is 32.8 Å². The van der Waals surface area contributed by atoms with Crippen LogP contribution in [0, 0.1) is 5.92 Å². The van der Waals surface area contributed by atoms with Crippen LogP contribution < -0.4 is 10.1 Å². The third-order valence-corrected chi connectivity index (χ3v) is 7.32. The molecule has 0 unspecified atom stereocenters. The van der Waals surface area contributed by atoms with Gasteiger partial charge in [0, 0.05) is 27.9 Å². The molecule has 2 atom stereocenters. The minimum Gasteiger partial charge on any atom is -0.495 e. The summed E-state index contributed by atoms with van der Waals surface area (Å²) in [4.78, 5) is 31.5. The van der Waals surface area contributed by atoms with E-state index in [0.717, 1.165) is 57.8 Å². The van der Waals surface area contributed by atoms with Crippen molar-refractivity contribution in [3.63, 3.8) is 0 Å². The molecule has 2 heterocycles. The van der Waals surface area contributed by atoms with Gasteiger partial charge in [0.25, 0.3) is 5.91 Å². The molecule has 0 aliphatic heterocycles. The van der Waals surface area contributed by atoms with E-state index in [9.17, 15) is 9.59 Å². The van der Waals surface area contributed by atoms with Gasteiger partial charge < -0.3 is 19.2 Å². The van der Waals surface area contributed by atoms with E-state index in [1.165, 1.54) is 0 Å². The van der Waals surface area contributed by atoms with Gasteiger partial charge in [0.1, 0.15) is 16.9 Å². The first-order valence-corrected chi connectivity index (χ1v) is 12.8. The molecule has 0 spiro atoms. The number of ether oxygens (including phenoxy) is 2. The van der Waals surface area contributed by atoms with Crippen LogP contribution in [0.5, 0.6) is 5.75 Å². The van der Waals surface area contributed by atoms with Crippen molar-refractivity contribution in [3.8, 4) is 5.75 Å². The summed E-state index contributed by atoms with van der Waals surface area (Å²) in [5, 5.41) is 5.44. The largest absolute Gasteiger partial charge is 0.495 e. The van der Waals surface area contributed by atoms with Crippen molar-refractivity contribution in [3.05, 3.63) is 77.5 Å². The topological polar surface area (TPSA) is 90.7 Å². The molecule has 1 amide bonds. The number of benzene rings is 3. The standard InChI is InChI=1S/C31H28N2O5/c1-17-12-13-24-22(14-17)29(20-9-4-6-10-23(20)32-24)31(35)37-18(2)30(34)33-25-16-27-21(15-28(25)36-3)19-8-5-7-11-26(19)38-27/h4-11,15-18H,12-14H2,1-3H3,(H,33,34)/t17-,18+/m1/s1. The molecule has 0 saturated carbocycles. The molecule has 0 bridgehead atoms. The van der Waals surface area contributed by atoms with Gasteiger partial charge in [0.05, 0.1) is 23.9 Å². The second-order valence-corrected chi connectivity index (χ2v) is 9.96. The Morgan fingerprint density at radius 3 is 2.61 bits per heavy atom. The number of para-hydroxylation sites is 2. The summed E-state index contributed by atoms with van der Waals surface area (Å²) >= 11 is 0. The lowest BCUT2D eigenvalue weighted by atomic mass is 9.84. The number of rotatable bonds is 5. The average Bonchev–Trinajstić information content (AvgIpc) is 3.28. The number of aromatic nitrogens is 1. The van der Waals surface area contributed by atoms with E-state index < -0.39 is 18.0 Å². The van der Waals surface area contributed by atoms with Gasteiger partial charge in [-0.25, -0.2) is 4.79 Å². The van der Waals surface area contributed by atoms with Crippen LogP contribution >= 0.6 is 0 Å². The summed E-state index contributed by atoms with van der Waals surface area (Å²) in [6.07, 6.45) is 1.57. The van der Waals surface area contributed by atoms with Crippen LogP contribution in [0.3, 0.4) is 0 Å². The zero-order chi connectivity index (χ0) is 26.4. The predicted octanol–water partition coefficient (Wildman–Crippen LogP) is 6.45. The van der Waals surface area contributed by atoms with E-state index in [1.807, 2.05) is 54.6 Å². The number of anilines is 1. The lowest BCUT2D eigenvalue weighted by molar-refractivity contribution is -0.123. The van der Waals surface area contributed by atoms with Gasteiger partial charge in [0.2, 0.25) is 0 Å². The van der Waals surface area contributed by atoms with E-state index >= 15 is 0 Å². The SMILES string of the molecule is COc1cc2c(cc1NC(=O)[C@H](C)OC(=O)c1c3c(nc4ccccc14)CC[C@@H](C)C3)oc1ccccc12. The molecular weight excluding hydrogens is 480 g/mol. The number of hydrogen-bond acceptors (Lipinski definition) is 6. The van der Waals surface area contributed by atoms with Crippen LogP contribution in [0.4, 0.5) is 5.69 Å². The van der Waals surface area contributed by atoms with Gasteiger partial charge in [-0.2, -0.15) is 0 Å². The number of carbonyl (C=O) groups is 2. The van der Waals surface area contributed by atoms with Gasteiger partial charge in [0.15, 0.2) is 6.10 Å². The first-order valence-electron chi connectivity index (χ1n) is 12.8. The number of carbonyl (C=O) groups excluding carboxylic acids is 2. The normalized spacial score (nSPS) is 15.8. The molecule has 1 aliphatic rings. The number of methoxy groups -OCH3 is 1. The lowest BCUT2D eigenvalue weighted by Crippen LogP contribution is -2.31. The highest BCUT2D eigenvalue weighted by molar-refractivity contribution is 6.09. The molecule has 5 aromatic rings. The van der Waals surface area contributed by atoms with E-state index in [1.54, 1.807) is 20.1 Å².